The minimum absolute atomic E-state index is 0.00878. The lowest BCUT2D eigenvalue weighted by molar-refractivity contribution is -0.130. The van der Waals surface area contributed by atoms with Gasteiger partial charge in [-0.3, -0.25) is 4.79 Å². The Kier molecular flexibility index (Phi) is 4.63. The van der Waals surface area contributed by atoms with Crippen molar-refractivity contribution in [2.24, 2.45) is 5.92 Å². The number of pyridine rings is 1. The smallest absolute Gasteiger partial charge is 0.256 e. The molecule has 1 aliphatic carbocycles. The molecule has 3 atom stereocenters. The Morgan fingerprint density at radius 3 is 2.86 bits per heavy atom. The van der Waals surface area contributed by atoms with Gasteiger partial charge in [0.15, 0.2) is 0 Å². The zero-order chi connectivity index (χ0) is 20.1. The summed E-state index contributed by atoms with van der Waals surface area (Å²) < 4.78 is 27.6. The Bertz CT molecular complexity index is 862. The van der Waals surface area contributed by atoms with Crippen molar-refractivity contribution >= 4 is 11.6 Å². The SMILES string of the molecule is C=CC(=O)N1C[C@@H](Nc2c3ccnc-3[nH]cc2[C@@H]2CC2(F)F)CC[C@H]1C(C)C. The highest BCUT2D eigenvalue weighted by molar-refractivity contribution is 5.87. The van der Waals surface area contributed by atoms with Crippen LogP contribution in [0.2, 0.25) is 0 Å². The van der Waals surface area contributed by atoms with E-state index < -0.39 is 11.8 Å². The van der Waals surface area contributed by atoms with Crippen molar-refractivity contribution in [3.63, 3.8) is 0 Å². The summed E-state index contributed by atoms with van der Waals surface area (Å²) in [6.07, 6.45) is 6.28. The lowest BCUT2D eigenvalue weighted by Crippen LogP contribution is -2.52. The van der Waals surface area contributed by atoms with E-state index in [1.807, 2.05) is 11.0 Å². The topological polar surface area (TPSA) is 61.0 Å². The number of aromatic nitrogens is 2. The Morgan fingerprint density at radius 2 is 2.21 bits per heavy atom. The molecule has 0 spiro atoms. The number of alkyl halides is 2. The zero-order valence-electron chi connectivity index (χ0n) is 16.2. The average molecular weight is 388 g/mol. The highest BCUT2D eigenvalue weighted by Gasteiger charge is 2.58. The van der Waals surface area contributed by atoms with Gasteiger partial charge in [0.05, 0.1) is 11.6 Å². The summed E-state index contributed by atoms with van der Waals surface area (Å²) in [5.41, 5.74) is 2.12. The number of amides is 1. The number of anilines is 1. The largest absolute Gasteiger partial charge is 0.380 e. The van der Waals surface area contributed by atoms with Gasteiger partial charge in [-0.25, -0.2) is 13.8 Å². The van der Waals surface area contributed by atoms with Crippen molar-refractivity contribution in [1.82, 2.24) is 14.9 Å². The quantitative estimate of drug-likeness (QED) is 0.753. The summed E-state index contributed by atoms with van der Waals surface area (Å²) >= 11 is 0. The Labute approximate surface area is 163 Å². The molecule has 2 fully saturated rings. The van der Waals surface area contributed by atoms with E-state index in [2.05, 4.69) is 35.7 Å². The summed E-state index contributed by atoms with van der Waals surface area (Å²) in [7, 11) is 0. The number of halogens is 2. The third-order valence-electron chi connectivity index (χ3n) is 6.03. The van der Waals surface area contributed by atoms with Crippen molar-refractivity contribution in [3.8, 4) is 11.4 Å². The molecular formula is C21H26F2N4O. The molecule has 2 N–H and O–H groups in total. The fraction of sp³-hybridized carbons (Fsp3) is 0.524. The number of hydrogen-bond acceptors (Lipinski definition) is 3. The maximum atomic E-state index is 13.8. The first-order valence-electron chi connectivity index (χ1n) is 9.85. The number of rotatable bonds is 5. The molecule has 150 valence electrons. The van der Waals surface area contributed by atoms with E-state index in [9.17, 15) is 13.6 Å². The van der Waals surface area contributed by atoms with Crippen molar-refractivity contribution in [3.05, 3.63) is 36.7 Å². The van der Waals surface area contributed by atoms with Crippen LogP contribution in [-0.4, -0.2) is 45.3 Å². The second-order valence-electron chi connectivity index (χ2n) is 8.27. The fourth-order valence-electron chi connectivity index (χ4n) is 4.39. The average Bonchev–Trinajstić information content (AvgIpc) is 3.06. The highest BCUT2D eigenvalue weighted by Crippen LogP contribution is 2.58. The molecule has 0 bridgehead atoms. The second-order valence-corrected chi connectivity index (χ2v) is 8.27. The van der Waals surface area contributed by atoms with Gasteiger partial charge in [-0.15, -0.1) is 0 Å². The standard InChI is InChI=1S/C21H26F2N4O/c1-4-18(28)27-11-13(5-6-17(27)12(2)3)26-19-14-7-8-24-20(14)25-10-15(19)16-9-21(16,22)23/h4,7-8,10,12-13,16-17H,1,5-6,9,11H2,2-3H3,(H2,24,25,26)/t13-,16-,17-/m0/s1. The van der Waals surface area contributed by atoms with Crippen LogP contribution in [-0.2, 0) is 4.79 Å². The van der Waals surface area contributed by atoms with E-state index in [1.54, 1.807) is 12.4 Å². The van der Waals surface area contributed by atoms with Crippen LogP contribution in [0.3, 0.4) is 0 Å². The van der Waals surface area contributed by atoms with Gasteiger partial charge in [-0.05, 0) is 30.9 Å². The first-order valence-corrected chi connectivity index (χ1v) is 9.85. The maximum absolute atomic E-state index is 13.8. The lowest BCUT2D eigenvalue weighted by atomic mass is 9.90. The van der Waals surface area contributed by atoms with Crippen LogP contribution >= 0.6 is 0 Å². The van der Waals surface area contributed by atoms with Crippen molar-refractivity contribution in [1.29, 1.82) is 0 Å². The van der Waals surface area contributed by atoms with Crippen LogP contribution in [0.15, 0.2) is 31.1 Å². The third kappa shape index (κ3) is 3.27. The Hall–Kier alpha value is -2.44. The van der Waals surface area contributed by atoms with Crippen LogP contribution in [0.5, 0.6) is 0 Å². The zero-order valence-corrected chi connectivity index (χ0v) is 16.2. The number of nitrogens with zero attached hydrogens (tertiary/aromatic N) is 2. The predicted octanol–water partition coefficient (Wildman–Crippen LogP) is 4.25. The summed E-state index contributed by atoms with van der Waals surface area (Å²) in [6.45, 7) is 8.38. The molecule has 0 aromatic rings. The molecule has 0 aromatic heterocycles. The predicted molar refractivity (Wildman–Crippen MR) is 105 cm³/mol. The van der Waals surface area contributed by atoms with E-state index in [-0.39, 0.29) is 24.4 Å². The maximum Gasteiger partial charge on any atom is 0.256 e. The summed E-state index contributed by atoms with van der Waals surface area (Å²) in [6, 6.07) is 2.00. The number of fused-ring (bicyclic) bond motifs is 1. The Balaban J connectivity index is 1.62. The molecule has 3 aliphatic heterocycles. The molecule has 0 aromatic carbocycles. The molecule has 4 rings (SSSR count). The first-order chi connectivity index (χ1) is 13.3. The van der Waals surface area contributed by atoms with Crippen LogP contribution < -0.4 is 5.32 Å². The number of aromatic amines is 1. The van der Waals surface area contributed by atoms with Crippen molar-refractivity contribution in [2.45, 2.75) is 57.0 Å². The number of nitrogens with one attached hydrogen (secondary N) is 2. The minimum Gasteiger partial charge on any atom is -0.380 e. The van der Waals surface area contributed by atoms with E-state index in [0.717, 1.165) is 18.4 Å². The molecule has 1 amide bonds. The van der Waals surface area contributed by atoms with E-state index in [4.69, 9.17) is 0 Å². The monoisotopic (exact) mass is 388 g/mol. The molecule has 5 nitrogen and oxygen atoms in total. The molecule has 0 radical (unpaired) electrons. The van der Waals surface area contributed by atoms with Gasteiger partial charge < -0.3 is 15.2 Å². The van der Waals surface area contributed by atoms with E-state index >= 15 is 0 Å². The van der Waals surface area contributed by atoms with E-state index in [1.165, 1.54) is 6.08 Å². The Morgan fingerprint density at radius 1 is 1.46 bits per heavy atom. The van der Waals surface area contributed by atoms with Crippen molar-refractivity contribution < 1.29 is 13.6 Å². The number of hydrogen-bond donors (Lipinski definition) is 2. The number of H-pyrrole nitrogens is 1. The first kappa shape index (κ1) is 18.9. The van der Waals surface area contributed by atoms with Gasteiger partial charge in [-0.1, -0.05) is 20.4 Å². The van der Waals surface area contributed by atoms with Crippen LogP contribution in [0, 0.1) is 5.92 Å². The van der Waals surface area contributed by atoms with Crippen LogP contribution in [0.25, 0.3) is 11.4 Å². The fourth-order valence-corrected chi connectivity index (χ4v) is 4.39. The minimum atomic E-state index is -2.65. The summed E-state index contributed by atoms with van der Waals surface area (Å²) in [4.78, 5) is 21.5. The van der Waals surface area contributed by atoms with Crippen molar-refractivity contribution in [2.75, 3.05) is 11.9 Å². The number of carbonyl (C=O) groups excluding carboxylic acids is 1. The van der Waals surface area contributed by atoms with Gasteiger partial charge in [0.25, 0.3) is 5.92 Å². The molecule has 1 saturated heterocycles. The lowest BCUT2D eigenvalue weighted by Gasteiger charge is -2.42. The van der Waals surface area contributed by atoms with Gasteiger partial charge in [0, 0.05) is 48.6 Å². The van der Waals surface area contributed by atoms with Gasteiger partial charge >= 0.3 is 0 Å². The van der Waals surface area contributed by atoms with Gasteiger partial charge in [-0.2, -0.15) is 0 Å². The van der Waals surface area contributed by atoms with E-state index in [0.29, 0.717) is 29.5 Å². The van der Waals surface area contributed by atoms with Crippen LogP contribution in [0.1, 0.15) is 44.6 Å². The number of likely N-dealkylation sites (tertiary alicyclic amines) is 1. The number of piperidine rings is 1. The molecule has 4 aliphatic rings. The normalized spacial score (nSPS) is 26.5. The van der Waals surface area contributed by atoms with Gasteiger partial charge in [0.1, 0.15) is 5.82 Å². The molecule has 3 heterocycles. The molecular weight excluding hydrogens is 362 g/mol. The second kappa shape index (κ2) is 6.87. The summed E-state index contributed by atoms with van der Waals surface area (Å²) in [5, 5.41) is 3.48. The molecule has 0 unspecified atom stereocenters. The summed E-state index contributed by atoms with van der Waals surface area (Å²) in [5.74, 6) is -2.49. The van der Waals surface area contributed by atoms with Crippen LogP contribution in [0.4, 0.5) is 14.5 Å². The highest BCUT2D eigenvalue weighted by atomic mass is 19.3. The molecule has 7 heteroatoms. The van der Waals surface area contributed by atoms with Gasteiger partial charge in [0.2, 0.25) is 5.91 Å². The third-order valence-corrected chi connectivity index (χ3v) is 6.03. The number of carbonyl (C=O) groups is 1. The molecule has 28 heavy (non-hydrogen) atoms. The molecule has 1 saturated carbocycles.